The number of methoxy groups -OCH3 is 1. The van der Waals surface area contributed by atoms with Crippen LogP contribution < -0.4 is 4.74 Å². The van der Waals surface area contributed by atoms with Crippen LogP contribution in [0.2, 0.25) is 0 Å². The predicted molar refractivity (Wildman–Crippen MR) is 61.5 cm³/mol. The quantitative estimate of drug-likeness (QED) is 0.755. The van der Waals surface area contributed by atoms with Gasteiger partial charge in [0.1, 0.15) is 5.75 Å². The SMILES string of the molecule is COc1cc2c(cc1Br)C(C)=NCC2. The van der Waals surface area contributed by atoms with Crippen LogP contribution in [-0.4, -0.2) is 19.4 Å². The second-order valence-electron chi connectivity index (χ2n) is 3.36. The zero-order valence-corrected chi connectivity index (χ0v) is 9.89. The number of benzene rings is 1. The number of hydrogen-bond donors (Lipinski definition) is 0. The lowest BCUT2D eigenvalue weighted by molar-refractivity contribution is 0.411. The fourth-order valence-electron chi connectivity index (χ4n) is 1.72. The molecule has 1 aliphatic rings. The molecule has 0 unspecified atom stereocenters. The highest BCUT2D eigenvalue weighted by atomic mass is 79.9. The van der Waals surface area contributed by atoms with Crippen LogP contribution in [0.4, 0.5) is 0 Å². The summed E-state index contributed by atoms with van der Waals surface area (Å²) < 4.78 is 6.26. The molecule has 0 aliphatic carbocycles. The Labute approximate surface area is 92.1 Å². The summed E-state index contributed by atoms with van der Waals surface area (Å²) in [4.78, 5) is 4.42. The van der Waals surface area contributed by atoms with Gasteiger partial charge in [-0.05, 0) is 52.5 Å². The minimum absolute atomic E-state index is 0.892. The smallest absolute Gasteiger partial charge is 0.133 e. The van der Waals surface area contributed by atoms with Crippen LogP contribution >= 0.6 is 15.9 Å². The maximum atomic E-state index is 5.26. The molecular weight excluding hydrogens is 242 g/mol. The van der Waals surface area contributed by atoms with Crippen molar-refractivity contribution in [2.24, 2.45) is 4.99 Å². The molecule has 0 spiro atoms. The van der Waals surface area contributed by atoms with E-state index in [0.29, 0.717) is 0 Å². The Morgan fingerprint density at radius 2 is 2.21 bits per heavy atom. The lowest BCUT2D eigenvalue weighted by Crippen LogP contribution is -2.10. The van der Waals surface area contributed by atoms with Gasteiger partial charge in [-0.25, -0.2) is 0 Å². The molecule has 0 aromatic heterocycles. The van der Waals surface area contributed by atoms with Gasteiger partial charge in [0, 0.05) is 12.3 Å². The highest BCUT2D eigenvalue weighted by molar-refractivity contribution is 9.10. The number of rotatable bonds is 1. The normalized spacial score (nSPS) is 14.6. The third-order valence-corrected chi connectivity index (χ3v) is 3.12. The van der Waals surface area contributed by atoms with Gasteiger partial charge in [-0.2, -0.15) is 0 Å². The topological polar surface area (TPSA) is 21.6 Å². The maximum absolute atomic E-state index is 5.26. The standard InChI is InChI=1S/C11H12BrNO/c1-7-9-6-10(12)11(14-2)5-8(9)3-4-13-7/h5-6H,3-4H2,1-2H3. The summed E-state index contributed by atoms with van der Waals surface area (Å²) in [6, 6.07) is 4.18. The van der Waals surface area contributed by atoms with E-state index in [1.807, 2.05) is 0 Å². The van der Waals surface area contributed by atoms with Crippen LogP contribution in [0, 0.1) is 0 Å². The molecule has 0 atom stereocenters. The molecule has 0 radical (unpaired) electrons. The first-order chi connectivity index (χ1) is 6.72. The van der Waals surface area contributed by atoms with E-state index in [0.717, 1.165) is 28.9 Å². The van der Waals surface area contributed by atoms with Gasteiger partial charge in [0.05, 0.1) is 11.6 Å². The molecular formula is C11H12BrNO. The lowest BCUT2D eigenvalue weighted by Gasteiger charge is -2.16. The van der Waals surface area contributed by atoms with Crippen molar-refractivity contribution >= 4 is 21.6 Å². The van der Waals surface area contributed by atoms with Crippen molar-refractivity contribution in [3.8, 4) is 5.75 Å². The average molecular weight is 254 g/mol. The minimum Gasteiger partial charge on any atom is -0.496 e. The van der Waals surface area contributed by atoms with Gasteiger partial charge in [0.15, 0.2) is 0 Å². The Kier molecular flexibility index (Phi) is 2.59. The number of aliphatic imine (C=N–C) groups is 1. The summed E-state index contributed by atoms with van der Waals surface area (Å²) in [5, 5.41) is 0. The van der Waals surface area contributed by atoms with Crippen molar-refractivity contribution in [2.75, 3.05) is 13.7 Å². The van der Waals surface area contributed by atoms with Gasteiger partial charge in [-0.3, -0.25) is 4.99 Å². The van der Waals surface area contributed by atoms with E-state index in [4.69, 9.17) is 4.74 Å². The number of fused-ring (bicyclic) bond motifs is 1. The second kappa shape index (κ2) is 3.73. The molecule has 1 aromatic rings. The molecule has 1 heterocycles. The highest BCUT2D eigenvalue weighted by Gasteiger charge is 2.13. The molecule has 3 heteroatoms. The summed E-state index contributed by atoms with van der Waals surface area (Å²) in [5.41, 5.74) is 3.69. The van der Waals surface area contributed by atoms with Crippen LogP contribution in [0.3, 0.4) is 0 Å². The zero-order chi connectivity index (χ0) is 10.1. The van der Waals surface area contributed by atoms with E-state index in [1.165, 1.54) is 11.1 Å². The molecule has 0 fully saturated rings. The van der Waals surface area contributed by atoms with Crippen LogP contribution in [0.15, 0.2) is 21.6 Å². The van der Waals surface area contributed by atoms with E-state index in [1.54, 1.807) is 7.11 Å². The van der Waals surface area contributed by atoms with E-state index in [9.17, 15) is 0 Å². The fraction of sp³-hybridized carbons (Fsp3) is 0.364. The van der Waals surface area contributed by atoms with Crippen molar-refractivity contribution < 1.29 is 4.74 Å². The number of ether oxygens (including phenoxy) is 1. The number of halogens is 1. The number of hydrogen-bond acceptors (Lipinski definition) is 2. The first-order valence-corrected chi connectivity index (χ1v) is 5.39. The summed E-state index contributed by atoms with van der Waals surface area (Å²) in [6.45, 7) is 2.94. The third kappa shape index (κ3) is 1.57. The Morgan fingerprint density at radius 3 is 2.93 bits per heavy atom. The minimum atomic E-state index is 0.892. The summed E-state index contributed by atoms with van der Waals surface area (Å²) in [7, 11) is 1.69. The van der Waals surface area contributed by atoms with Gasteiger partial charge < -0.3 is 4.74 Å². The highest BCUT2D eigenvalue weighted by Crippen LogP contribution is 2.30. The van der Waals surface area contributed by atoms with E-state index >= 15 is 0 Å². The molecule has 0 bridgehead atoms. The molecule has 0 N–H and O–H groups in total. The van der Waals surface area contributed by atoms with Gasteiger partial charge in [-0.15, -0.1) is 0 Å². The summed E-state index contributed by atoms with van der Waals surface area (Å²) in [6.07, 6.45) is 1.01. The Balaban J connectivity index is 2.56. The third-order valence-electron chi connectivity index (χ3n) is 2.50. The molecule has 74 valence electrons. The Hall–Kier alpha value is -0.830. The van der Waals surface area contributed by atoms with Crippen molar-refractivity contribution in [2.45, 2.75) is 13.3 Å². The molecule has 0 amide bonds. The Morgan fingerprint density at radius 1 is 1.43 bits per heavy atom. The fourth-order valence-corrected chi connectivity index (χ4v) is 2.23. The van der Waals surface area contributed by atoms with E-state index in [2.05, 4.69) is 40.0 Å². The van der Waals surface area contributed by atoms with Crippen LogP contribution in [0.5, 0.6) is 5.75 Å². The maximum Gasteiger partial charge on any atom is 0.133 e. The van der Waals surface area contributed by atoms with Crippen molar-refractivity contribution in [3.63, 3.8) is 0 Å². The van der Waals surface area contributed by atoms with Crippen molar-refractivity contribution in [1.29, 1.82) is 0 Å². The van der Waals surface area contributed by atoms with Crippen LogP contribution in [0.25, 0.3) is 0 Å². The lowest BCUT2D eigenvalue weighted by atomic mass is 9.98. The molecule has 0 saturated heterocycles. The van der Waals surface area contributed by atoms with Gasteiger partial charge >= 0.3 is 0 Å². The van der Waals surface area contributed by atoms with Gasteiger partial charge in [0.2, 0.25) is 0 Å². The molecule has 2 nitrogen and oxygen atoms in total. The van der Waals surface area contributed by atoms with Crippen molar-refractivity contribution in [1.82, 2.24) is 0 Å². The summed E-state index contributed by atoms with van der Waals surface area (Å²) >= 11 is 3.48. The molecule has 1 aliphatic heterocycles. The first-order valence-electron chi connectivity index (χ1n) is 4.60. The van der Waals surface area contributed by atoms with Gasteiger partial charge in [-0.1, -0.05) is 0 Å². The molecule has 1 aromatic carbocycles. The van der Waals surface area contributed by atoms with E-state index in [-0.39, 0.29) is 0 Å². The molecule has 2 rings (SSSR count). The zero-order valence-electron chi connectivity index (χ0n) is 8.30. The monoisotopic (exact) mass is 253 g/mol. The van der Waals surface area contributed by atoms with Crippen LogP contribution in [0.1, 0.15) is 18.1 Å². The first kappa shape index (κ1) is 9.71. The van der Waals surface area contributed by atoms with Crippen LogP contribution in [-0.2, 0) is 6.42 Å². The largest absolute Gasteiger partial charge is 0.496 e. The van der Waals surface area contributed by atoms with Gasteiger partial charge in [0.25, 0.3) is 0 Å². The average Bonchev–Trinajstić information content (AvgIpc) is 2.19. The van der Waals surface area contributed by atoms with Crippen molar-refractivity contribution in [3.05, 3.63) is 27.7 Å². The molecule has 0 saturated carbocycles. The Bertz CT molecular complexity index is 399. The summed E-state index contributed by atoms with van der Waals surface area (Å²) in [5.74, 6) is 0.901. The van der Waals surface area contributed by atoms with E-state index < -0.39 is 0 Å². The molecule has 14 heavy (non-hydrogen) atoms. The second-order valence-corrected chi connectivity index (χ2v) is 4.22. The predicted octanol–water partition coefficient (Wildman–Crippen LogP) is 2.82. The number of nitrogens with zero attached hydrogens (tertiary/aromatic N) is 1.